The van der Waals surface area contributed by atoms with E-state index in [4.69, 9.17) is 33.6 Å². The van der Waals surface area contributed by atoms with Crippen LogP contribution >= 0.6 is 32.1 Å². The summed E-state index contributed by atoms with van der Waals surface area (Å²) in [6.07, 6.45) is 1.86. The fourth-order valence-corrected chi connectivity index (χ4v) is 36.2. The third kappa shape index (κ3) is 17.3. The highest BCUT2D eigenvalue weighted by Gasteiger charge is 2.35. The van der Waals surface area contributed by atoms with E-state index >= 15 is 0 Å². The first-order chi connectivity index (χ1) is 53.8. The molecule has 4 aromatic heterocycles. The molecule has 0 aliphatic rings. The van der Waals surface area contributed by atoms with E-state index in [1.807, 2.05) is 0 Å². The van der Waals surface area contributed by atoms with Crippen molar-refractivity contribution in [2.45, 2.75) is 237 Å². The summed E-state index contributed by atoms with van der Waals surface area (Å²) < 4.78 is 64.0. The molecule has 116 heavy (non-hydrogen) atoms. The van der Waals surface area contributed by atoms with Crippen LogP contribution in [0.1, 0.15) is 66.8 Å². The highest BCUT2D eigenvalue weighted by molar-refractivity contribution is 7.37. The Hall–Kier alpha value is -6.46. The lowest BCUT2D eigenvalue weighted by atomic mass is 9.89. The smallest absolute Gasteiger partial charge is 0.221 e. The summed E-state index contributed by atoms with van der Waals surface area (Å²) in [6, 6.07) is 52.4. The van der Waals surface area contributed by atoms with Gasteiger partial charge >= 0.3 is 0 Å². The molecule has 0 amide bonds. The lowest BCUT2D eigenvalue weighted by Crippen LogP contribution is -2.38. The number of benzene rings is 10. The molecule has 0 saturated carbocycles. The minimum Gasteiger partial charge on any atom is -0.419 e. The predicted octanol–water partition coefficient (Wildman–Crippen LogP) is 28.8. The molecule has 0 aliphatic heterocycles. The maximum atomic E-state index is 8.00. The van der Waals surface area contributed by atoms with Crippen LogP contribution in [-0.4, -0.2) is 64.6 Å². The Morgan fingerprint density at radius 1 is 0.190 bits per heavy atom. The molecule has 610 valence electrons. The number of hydrogen-bond acceptors (Lipinski definition) is 8. The molecule has 14 rings (SSSR count). The first-order valence-electron chi connectivity index (χ1n) is 41.7. The van der Waals surface area contributed by atoms with Crippen LogP contribution in [0, 0.1) is 55.4 Å². The van der Waals surface area contributed by atoms with Gasteiger partial charge in [-0.15, -0.1) is 0 Å². The molecule has 8 nitrogen and oxygen atoms in total. The van der Waals surface area contributed by atoms with Crippen LogP contribution in [0.5, 0.6) is 0 Å². The van der Waals surface area contributed by atoms with Crippen molar-refractivity contribution in [3.05, 3.63) is 200 Å². The third-order valence-electron chi connectivity index (χ3n) is 23.0. The van der Waals surface area contributed by atoms with Gasteiger partial charge < -0.3 is 33.6 Å². The Morgan fingerprint density at radius 2 is 0.310 bits per heavy atom. The predicted molar refractivity (Wildman–Crippen MR) is 535 cm³/mol. The second-order valence-corrected chi connectivity index (χ2v) is 87.8. The number of hydrogen-bond donors (Lipinski definition) is 0. The lowest BCUT2D eigenvalue weighted by Gasteiger charge is -2.22. The normalized spacial score (nSPS) is 13.1. The van der Waals surface area contributed by atoms with Crippen molar-refractivity contribution in [3.63, 3.8) is 0 Å². The van der Waals surface area contributed by atoms with Crippen molar-refractivity contribution in [3.8, 4) is 11.1 Å². The summed E-state index contributed by atoms with van der Waals surface area (Å²) in [6.45, 7) is 77.1. The van der Waals surface area contributed by atoms with Crippen LogP contribution in [0.25, 0.3) is 98.9 Å². The van der Waals surface area contributed by atoms with Gasteiger partial charge in [0.25, 0.3) is 0 Å². The van der Waals surface area contributed by atoms with Crippen molar-refractivity contribution in [1.82, 2.24) is 0 Å². The van der Waals surface area contributed by atoms with E-state index in [2.05, 4.69) is 346 Å². The summed E-state index contributed by atoms with van der Waals surface area (Å²) in [4.78, 5) is 0. The maximum Gasteiger partial charge on any atom is 0.221 e. The van der Waals surface area contributed by atoms with Gasteiger partial charge in [-0.2, -0.15) is 0 Å². The zero-order valence-electron chi connectivity index (χ0n) is 75.6. The van der Waals surface area contributed by atoms with Crippen LogP contribution in [0.2, 0.25) is 157 Å². The molecule has 0 aliphatic carbocycles. The van der Waals surface area contributed by atoms with Gasteiger partial charge in [0.05, 0.1) is 89.2 Å². The van der Waals surface area contributed by atoms with Gasteiger partial charge in [-0.1, -0.05) is 287 Å². The quantitative estimate of drug-likeness (QED) is 0.0830. The molecular formula is C96H126O8P4Si8. The van der Waals surface area contributed by atoms with E-state index in [1.165, 1.54) is 86.0 Å². The molecule has 0 unspecified atom stereocenters. The first-order valence-corrected chi connectivity index (χ1v) is 75.2. The Kier molecular flexibility index (Phi) is 22.9. The maximum absolute atomic E-state index is 8.00. The zero-order chi connectivity index (χ0) is 84.3. The Morgan fingerprint density at radius 3 is 0.422 bits per heavy atom. The zero-order valence-corrected chi connectivity index (χ0v) is 87.2. The van der Waals surface area contributed by atoms with Crippen LogP contribution in [0.4, 0.5) is 0 Å². The van der Waals surface area contributed by atoms with E-state index in [0.717, 1.165) is 121 Å². The Bertz CT molecular complexity index is 5440. The molecule has 0 radical (unpaired) electrons. The fourth-order valence-electron chi connectivity index (χ4n) is 17.2. The average Bonchev–Trinajstić information content (AvgIpc) is 1.55. The van der Waals surface area contributed by atoms with Crippen LogP contribution in [0.15, 0.2) is 167 Å². The second kappa shape index (κ2) is 30.9. The van der Waals surface area contributed by atoms with Gasteiger partial charge in [-0.3, -0.25) is 0 Å². The molecule has 0 bridgehead atoms. The van der Waals surface area contributed by atoms with Gasteiger partial charge in [0, 0.05) is 43.1 Å². The number of fused-ring (bicyclic) bond motifs is 12. The van der Waals surface area contributed by atoms with Gasteiger partial charge in [-0.05, 0) is 179 Å². The second-order valence-electron chi connectivity index (χ2n) is 42.1. The molecule has 0 atom stereocenters. The number of aryl methyl sites for hydroxylation is 8. The highest BCUT2D eigenvalue weighted by Crippen LogP contribution is 2.51. The molecule has 0 fully saturated rings. The van der Waals surface area contributed by atoms with Crippen LogP contribution in [0.3, 0.4) is 0 Å². The Labute approximate surface area is 702 Å². The van der Waals surface area contributed by atoms with Gasteiger partial charge in [0.2, 0.25) is 32.1 Å². The van der Waals surface area contributed by atoms with Crippen LogP contribution in [-0.2, 0) is 24.6 Å². The van der Waals surface area contributed by atoms with Crippen molar-refractivity contribution in [2.24, 2.45) is 0 Å². The van der Waals surface area contributed by atoms with Crippen molar-refractivity contribution in [1.29, 1.82) is 0 Å². The van der Waals surface area contributed by atoms with Crippen molar-refractivity contribution < 1.29 is 33.6 Å². The van der Waals surface area contributed by atoms with E-state index in [0.29, 0.717) is 24.6 Å². The van der Waals surface area contributed by atoms with Crippen molar-refractivity contribution in [2.75, 3.05) is 0 Å². The molecule has 0 spiro atoms. The summed E-state index contributed by atoms with van der Waals surface area (Å²) in [7, 11) is -23.9. The van der Waals surface area contributed by atoms with Crippen LogP contribution < -0.4 is 41.5 Å². The van der Waals surface area contributed by atoms with E-state index in [1.54, 1.807) is 0 Å². The summed E-state index contributed by atoms with van der Waals surface area (Å²) in [5.74, 6) is 0. The molecular weight excluding hydrogens is 1630 g/mol. The molecule has 4 heterocycles. The SMILES string of the molecule is Cc1cc([Si](C)(C)C)c2op(Cc3cccc(Cp4oc5c([Si](C)(C)C)cc(C)cc5c5cc(C)cc([Si](C)(C)C)c5o4)c3-c3c(Cp4oc5c([Si](C)(C)C)cc(C)cc5c5cc(C)cc([Si](C)(C)C)c5o4)cccc3Cp3oc4c([Si](C)(C)C)cc(C)cc4c4cc(C)cc([Si](C)(C)C)c4o3)oc3c([Si](C)(C)C)cc(C)cc3c2c1. The largest absolute Gasteiger partial charge is 0.419 e. The first kappa shape index (κ1) is 85.9. The molecule has 0 saturated heterocycles. The average molecular weight is 1760 g/mol. The molecule has 14 aromatic rings. The summed E-state index contributed by atoms with van der Waals surface area (Å²) >= 11 is 0. The number of rotatable bonds is 17. The fraction of sp³-hybridized carbons (Fsp3) is 0.375. The lowest BCUT2D eigenvalue weighted by molar-refractivity contribution is 0.638. The highest BCUT2D eigenvalue weighted by atomic mass is 31.1. The van der Waals surface area contributed by atoms with E-state index in [-0.39, 0.29) is 0 Å². The molecule has 0 N–H and O–H groups in total. The van der Waals surface area contributed by atoms with Gasteiger partial charge in [0.15, 0.2) is 0 Å². The minimum atomic E-state index is -2.10. The minimum absolute atomic E-state index is 0.466. The third-order valence-corrected chi connectivity index (χ3v) is 44.3. The van der Waals surface area contributed by atoms with Crippen molar-refractivity contribution >= 4 is 226 Å². The topological polar surface area (TPSA) is 105 Å². The monoisotopic (exact) mass is 1750 g/mol. The molecule has 20 heteroatoms. The van der Waals surface area contributed by atoms with Gasteiger partial charge in [0.1, 0.15) is 44.7 Å². The van der Waals surface area contributed by atoms with E-state index < -0.39 is 96.6 Å². The molecule has 10 aromatic carbocycles. The Balaban J connectivity index is 1.19. The standard InChI is InChI=1S/C96H126O8P4Si8/c1-59-39-71-72-40-60(2)48-80(110(12,13)14)90(72)98-105(97-89(71)79(47-59)109(9,10)11)55-67-35-33-36-68(56-106-99-91-73(41-61(3)49-81(91)111(15,16)17)74-42-62(4)50-82(92(74)100-106)112(18,19)20)87(67)88-69(57-107-101-93-75(43-63(5)51-83(93)113(21,22)23)76-44-64(6)52-84(94(76)102-107)114(24,25)26)37-34-38-70(88)58-108-103-95-77(45-65(7)53-85(95)115(27,28)29)78-46-66(8)54-86(96(78)104-108)116(30,31)32/h33-54H,55-58H2,1-32H3. The summed E-state index contributed by atoms with van der Waals surface area (Å²) in [5, 5.41) is 19.5. The summed E-state index contributed by atoms with van der Waals surface area (Å²) in [5.41, 5.74) is 24.3. The van der Waals surface area contributed by atoms with Gasteiger partial charge in [-0.25, -0.2) is 0 Å². The van der Waals surface area contributed by atoms with E-state index in [9.17, 15) is 0 Å².